The van der Waals surface area contributed by atoms with Crippen LogP contribution >= 0.6 is 0 Å². The first-order valence-electron chi connectivity index (χ1n) is 22.9. The molecule has 0 aliphatic heterocycles. The van der Waals surface area contributed by atoms with Crippen LogP contribution in [0.3, 0.4) is 0 Å². The number of rotatable bonds is 41. The van der Waals surface area contributed by atoms with Gasteiger partial charge in [-0.2, -0.15) is 0 Å². The van der Waals surface area contributed by atoms with E-state index in [4.69, 9.17) is 14.2 Å². The number of hydrogen-bond donors (Lipinski definition) is 1. The maximum atomic E-state index is 12.7. The quantitative estimate of drug-likeness (QED) is 0.0285. The van der Waals surface area contributed by atoms with Crippen molar-refractivity contribution >= 4 is 17.9 Å². The second kappa shape index (κ2) is 38.7. The van der Waals surface area contributed by atoms with Gasteiger partial charge in [0, 0.05) is 19.3 Å². The number of aliphatic carboxylic acids is 1. The van der Waals surface area contributed by atoms with E-state index in [1.807, 2.05) is 21.1 Å². The normalized spacial score (nSPS) is 13.1. The number of allylic oxidation sites excluding steroid dienone is 4. The van der Waals surface area contributed by atoms with Crippen LogP contribution in [0.1, 0.15) is 206 Å². The summed E-state index contributed by atoms with van der Waals surface area (Å²) < 4.78 is 17.2. The molecule has 0 rings (SSSR count). The summed E-state index contributed by atoms with van der Waals surface area (Å²) >= 11 is 0. The molecule has 8 heteroatoms. The Morgan fingerprint density at radius 2 is 0.964 bits per heavy atom. The van der Waals surface area contributed by atoms with Crippen LogP contribution in [0.15, 0.2) is 24.3 Å². The number of likely N-dealkylation sites (N-methyl/N-ethyl adjacent to an activating group) is 1. The van der Waals surface area contributed by atoms with E-state index in [0.29, 0.717) is 19.3 Å². The Labute approximate surface area is 339 Å². The molecule has 0 saturated carbocycles. The average molecular weight is 779 g/mol. The van der Waals surface area contributed by atoms with E-state index >= 15 is 0 Å². The minimum atomic E-state index is -0.876. The summed E-state index contributed by atoms with van der Waals surface area (Å²) in [5.41, 5.74) is 0. The first-order chi connectivity index (χ1) is 26.6. The van der Waals surface area contributed by atoms with E-state index in [1.54, 1.807) is 0 Å². The number of hydrogen-bond acceptors (Lipinski definition) is 6. The van der Waals surface area contributed by atoms with Crippen molar-refractivity contribution in [1.82, 2.24) is 0 Å². The highest BCUT2D eigenvalue weighted by Crippen LogP contribution is 2.14. The molecule has 0 aromatic heterocycles. The van der Waals surface area contributed by atoms with Gasteiger partial charge < -0.3 is 23.8 Å². The van der Waals surface area contributed by atoms with E-state index in [2.05, 4.69) is 38.2 Å². The second-order valence-electron chi connectivity index (χ2n) is 16.7. The van der Waals surface area contributed by atoms with E-state index < -0.39 is 18.1 Å². The maximum Gasteiger partial charge on any atom is 0.362 e. The highest BCUT2D eigenvalue weighted by Gasteiger charge is 2.31. The number of unbranched alkanes of at least 4 members (excludes halogenated alkanes) is 23. The molecule has 55 heavy (non-hydrogen) atoms. The number of carbonyl (C=O) groups excluding carboxylic acids is 2. The lowest BCUT2D eigenvalue weighted by Gasteiger charge is -2.31. The fourth-order valence-corrected chi connectivity index (χ4v) is 6.77. The molecule has 0 aliphatic carbocycles. The van der Waals surface area contributed by atoms with Crippen LogP contribution in [0.2, 0.25) is 0 Å². The van der Waals surface area contributed by atoms with Gasteiger partial charge in [0.05, 0.1) is 34.4 Å². The van der Waals surface area contributed by atoms with Crippen molar-refractivity contribution in [3.8, 4) is 0 Å². The van der Waals surface area contributed by atoms with Crippen LogP contribution < -0.4 is 0 Å². The summed E-state index contributed by atoms with van der Waals surface area (Å²) in [6.07, 6.45) is 42.4. The highest BCUT2D eigenvalue weighted by atomic mass is 16.6. The molecule has 0 aliphatic rings. The van der Waals surface area contributed by atoms with E-state index in [9.17, 15) is 19.5 Å². The predicted molar refractivity (Wildman–Crippen MR) is 229 cm³/mol. The van der Waals surface area contributed by atoms with Crippen LogP contribution in [0.5, 0.6) is 0 Å². The van der Waals surface area contributed by atoms with Crippen LogP contribution in [-0.4, -0.2) is 80.6 Å². The van der Waals surface area contributed by atoms with Gasteiger partial charge in [0.15, 0.2) is 12.1 Å². The minimum Gasteiger partial charge on any atom is -0.477 e. The van der Waals surface area contributed by atoms with Crippen molar-refractivity contribution in [3.05, 3.63) is 24.3 Å². The second-order valence-corrected chi connectivity index (χ2v) is 16.7. The number of nitrogens with zero attached hydrogens (tertiary/aromatic N) is 1. The lowest BCUT2D eigenvalue weighted by atomic mass is 10.1. The van der Waals surface area contributed by atoms with Crippen molar-refractivity contribution in [2.45, 2.75) is 219 Å². The average Bonchev–Trinajstić information content (AvgIpc) is 3.14. The summed E-state index contributed by atoms with van der Waals surface area (Å²) in [5, 5.41) is 9.60. The SMILES string of the molecule is CCCCCCCCCCC/C=C/C/C=C/CCCCCCCCCC(=O)OC(COCCC(C(=O)O)[N+](C)(C)C)COC(=O)CCCCCCCCCC. The van der Waals surface area contributed by atoms with E-state index in [0.717, 1.165) is 51.4 Å². The first kappa shape index (κ1) is 52.8. The largest absolute Gasteiger partial charge is 0.477 e. The van der Waals surface area contributed by atoms with Crippen molar-refractivity contribution in [1.29, 1.82) is 0 Å². The minimum absolute atomic E-state index is 0.0510. The molecule has 0 aromatic carbocycles. The molecule has 0 heterocycles. The van der Waals surface area contributed by atoms with Crippen LogP contribution in [0, 0.1) is 0 Å². The number of ether oxygens (including phenoxy) is 3. The zero-order chi connectivity index (χ0) is 40.7. The van der Waals surface area contributed by atoms with Crippen LogP contribution in [0.4, 0.5) is 0 Å². The third-order valence-electron chi connectivity index (χ3n) is 10.4. The van der Waals surface area contributed by atoms with Gasteiger partial charge in [-0.05, 0) is 44.9 Å². The fraction of sp³-hybridized carbons (Fsp3) is 0.851. The topological polar surface area (TPSA) is 99.1 Å². The Kier molecular flexibility index (Phi) is 37.1. The highest BCUT2D eigenvalue weighted by molar-refractivity contribution is 5.72. The van der Waals surface area contributed by atoms with Gasteiger partial charge in [-0.25, -0.2) is 4.79 Å². The molecule has 0 fully saturated rings. The molecule has 0 spiro atoms. The van der Waals surface area contributed by atoms with Gasteiger partial charge in [-0.15, -0.1) is 0 Å². The molecule has 0 bridgehead atoms. The zero-order valence-corrected chi connectivity index (χ0v) is 36.6. The molecule has 8 nitrogen and oxygen atoms in total. The van der Waals surface area contributed by atoms with Gasteiger partial charge in [0.1, 0.15) is 6.61 Å². The van der Waals surface area contributed by atoms with Gasteiger partial charge in [-0.3, -0.25) is 9.59 Å². The van der Waals surface area contributed by atoms with Gasteiger partial charge in [-0.1, -0.05) is 167 Å². The molecular weight excluding hydrogens is 691 g/mol. The molecule has 0 amide bonds. The zero-order valence-electron chi connectivity index (χ0n) is 36.6. The summed E-state index contributed by atoms with van der Waals surface area (Å²) in [4.78, 5) is 36.8. The van der Waals surface area contributed by atoms with Gasteiger partial charge >= 0.3 is 17.9 Å². The Balaban J connectivity index is 4.19. The summed E-state index contributed by atoms with van der Waals surface area (Å²) in [7, 11) is 5.52. The van der Waals surface area contributed by atoms with E-state index in [1.165, 1.54) is 122 Å². The predicted octanol–water partition coefficient (Wildman–Crippen LogP) is 12.5. The monoisotopic (exact) mass is 779 g/mol. The van der Waals surface area contributed by atoms with Crippen molar-refractivity contribution < 1.29 is 38.2 Å². The van der Waals surface area contributed by atoms with Crippen LogP contribution in [0.25, 0.3) is 0 Å². The smallest absolute Gasteiger partial charge is 0.362 e. The molecule has 0 radical (unpaired) electrons. The molecular formula is C47H88NO7+. The Bertz CT molecular complexity index is 957. The van der Waals surface area contributed by atoms with Gasteiger partial charge in [0.25, 0.3) is 0 Å². The van der Waals surface area contributed by atoms with Gasteiger partial charge in [0.2, 0.25) is 0 Å². The Hall–Kier alpha value is -2.19. The Morgan fingerprint density at radius 3 is 1.40 bits per heavy atom. The number of carboxylic acids is 1. The standard InChI is InChI=1S/C47H87NO7/c1-6-8-10-12-14-16-17-18-19-20-21-22-23-24-25-26-27-28-29-30-32-34-36-38-46(50)55-43(41-53-40-39-44(47(51)52)48(3,4)5)42-54-45(49)37-35-33-31-15-13-11-9-7-2/h21-22,24-25,43-44H,6-20,23,26-42H2,1-5H3/p+1/b22-21+,25-24+. The van der Waals surface area contributed by atoms with Crippen molar-refractivity contribution in [2.24, 2.45) is 0 Å². The fourth-order valence-electron chi connectivity index (χ4n) is 6.77. The Morgan fingerprint density at radius 1 is 0.545 bits per heavy atom. The van der Waals surface area contributed by atoms with Crippen molar-refractivity contribution in [2.75, 3.05) is 41.0 Å². The lowest BCUT2D eigenvalue weighted by Crippen LogP contribution is -2.50. The number of carboxylic acid groups (broad SMARTS) is 1. The van der Waals surface area contributed by atoms with Crippen LogP contribution in [-0.2, 0) is 28.6 Å². The van der Waals surface area contributed by atoms with Crippen molar-refractivity contribution in [3.63, 3.8) is 0 Å². The third-order valence-corrected chi connectivity index (χ3v) is 10.4. The number of esters is 2. The molecule has 2 unspecified atom stereocenters. The third kappa shape index (κ3) is 37.2. The summed E-state index contributed by atoms with van der Waals surface area (Å²) in [6.45, 7) is 4.71. The summed E-state index contributed by atoms with van der Waals surface area (Å²) in [6, 6.07) is -0.612. The molecule has 322 valence electrons. The maximum absolute atomic E-state index is 12.7. The summed E-state index contributed by atoms with van der Waals surface area (Å²) in [5.74, 6) is -1.47. The number of quaternary nitrogens is 1. The van der Waals surface area contributed by atoms with E-state index in [-0.39, 0.29) is 36.2 Å². The first-order valence-corrected chi connectivity index (χ1v) is 22.9. The molecule has 0 saturated heterocycles. The molecule has 2 atom stereocenters. The number of carbonyl (C=O) groups is 3. The lowest BCUT2D eigenvalue weighted by molar-refractivity contribution is -0.887. The molecule has 1 N–H and O–H groups in total. The molecule has 0 aromatic rings.